The van der Waals surface area contributed by atoms with Crippen molar-refractivity contribution >= 4 is 5.69 Å². The molecule has 0 aromatic heterocycles. The zero-order valence-electron chi connectivity index (χ0n) is 22.9. The SMILES string of the molecule is C=C(/C=C/C=C/C=C1\N(CCCCCCC)c2ccccc2C1(C)C)C(C)(C)c1ccccc1C. The first-order chi connectivity index (χ1) is 16.7. The summed E-state index contributed by atoms with van der Waals surface area (Å²) in [6.07, 6.45) is 17.4. The quantitative estimate of drug-likeness (QED) is 0.235. The van der Waals surface area contributed by atoms with E-state index in [0.29, 0.717) is 0 Å². The fourth-order valence-corrected chi connectivity index (χ4v) is 5.29. The highest BCUT2D eigenvalue weighted by Crippen LogP contribution is 2.47. The molecule has 0 saturated heterocycles. The van der Waals surface area contributed by atoms with Crippen molar-refractivity contribution in [3.8, 4) is 0 Å². The van der Waals surface area contributed by atoms with E-state index < -0.39 is 0 Å². The van der Waals surface area contributed by atoms with Gasteiger partial charge in [0.15, 0.2) is 0 Å². The molecular formula is C34H45N. The van der Waals surface area contributed by atoms with Crippen molar-refractivity contribution in [2.24, 2.45) is 0 Å². The average Bonchev–Trinajstić information content (AvgIpc) is 3.05. The van der Waals surface area contributed by atoms with Crippen molar-refractivity contribution in [1.29, 1.82) is 0 Å². The zero-order chi connectivity index (χ0) is 25.5. The standard InChI is InChI=1S/C34H45N/c1-8-9-10-11-19-26-35-31-24-18-17-23-30(31)34(6,7)32(35)25-14-12-13-21-28(3)33(4,5)29-22-16-15-20-27(29)2/h12-18,20-25H,3,8-11,19,26H2,1-2,4-7H3/b14-12+,21-13+,32-25-. The summed E-state index contributed by atoms with van der Waals surface area (Å²) in [4.78, 5) is 2.55. The molecule has 1 aliphatic rings. The minimum Gasteiger partial charge on any atom is -0.344 e. The molecule has 0 fully saturated rings. The van der Waals surface area contributed by atoms with Crippen LogP contribution in [0.3, 0.4) is 0 Å². The first kappa shape index (κ1) is 26.8. The highest BCUT2D eigenvalue weighted by atomic mass is 15.2. The molecule has 186 valence electrons. The molecule has 0 radical (unpaired) electrons. The van der Waals surface area contributed by atoms with Crippen LogP contribution in [0.4, 0.5) is 5.69 Å². The fraction of sp³-hybridized carbons (Fsp3) is 0.412. The van der Waals surface area contributed by atoms with Gasteiger partial charge in [-0.3, -0.25) is 0 Å². The second-order valence-electron chi connectivity index (χ2n) is 11.0. The average molecular weight is 468 g/mol. The van der Waals surface area contributed by atoms with Gasteiger partial charge in [-0.25, -0.2) is 0 Å². The number of para-hydroxylation sites is 1. The molecule has 2 aromatic rings. The summed E-state index contributed by atoms with van der Waals surface area (Å²) in [7, 11) is 0. The minimum absolute atomic E-state index is 0.00445. The summed E-state index contributed by atoms with van der Waals surface area (Å²) in [5.41, 5.74) is 7.85. The van der Waals surface area contributed by atoms with Crippen LogP contribution in [0.25, 0.3) is 0 Å². The van der Waals surface area contributed by atoms with Crippen molar-refractivity contribution in [2.45, 2.75) is 84.5 Å². The minimum atomic E-state index is -0.0994. The lowest BCUT2D eigenvalue weighted by molar-refractivity contribution is 0.602. The third-order valence-electron chi connectivity index (χ3n) is 7.68. The van der Waals surface area contributed by atoms with E-state index in [1.165, 1.54) is 60.2 Å². The summed E-state index contributed by atoms with van der Waals surface area (Å²) in [5.74, 6) is 0. The highest BCUT2D eigenvalue weighted by Gasteiger charge is 2.39. The van der Waals surface area contributed by atoms with Crippen LogP contribution in [-0.4, -0.2) is 6.54 Å². The third kappa shape index (κ3) is 6.07. The number of nitrogens with zero attached hydrogens (tertiary/aromatic N) is 1. The Kier molecular flexibility index (Phi) is 9.00. The van der Waals surface area contributed by atoms with Crippen LogP contribution in [0.15, 0.2) is 96.8 Å². The number of unbranched alkanes of at least 4 members (excludes halogenated alkanes) is 4. The lowest BCUT2D eigenvalue weighted by atomic mass is 9.76. The van der Waals surface area contributed by atoms with Gasteiger partial charge in [0.1, 0.15) is 0 Å². The van der Waals surface area contributed by atoms with Gasteiger partial charge in [0.2, 0.25) is 0 Å². The Morgan fingerprint density at radius 3 is 2.34 bits per heavy atom. The monoisotopic (exact) mass is 467 g/mol. The summed E-state index contributed by atoms with van der Waals surface area (Å²) < 4.78 is 0. The van der Waals surface area contributed by atoms with Gasteiger partial charge in [-0.1, -0.05) is 134 Å². The van der Waals surface area contributed by atoms with Crippen molar-refractivity contribution in [3.63, 3.8) is 0 Å². The molecule has 0 amide bonds. The Morgan fingerprint density at radius 2 is 1.60 bits per heavy atom. The molecule has 0 bridgehead atoms. The Balaban J connectivity index is 1.75. The highest BCUT2D eigenvalue weighted by molar-refractivity contribution is 5.70. The summed E-state index contributed by atoms with van der Waals surface area (Å²) in [5, 5.41) is 0. The second-order valence-corrected chi connectivity index (χ2v) is 11.0. The van der Waals surface area contributed by atoms with Gasteiger partial charge in [0.25, 0.3) is 0 Å². The van der Waals surface area contributed by atoms with Crippen molar-refractivity contribution in [3.05, 3.63) is 113 Å². The van der Waals surface area contributed by atoms with E-state index in [2.05, 4.69) is 132 Å². The molecule has 0 atom stereocenters. The van der Waals surface area contributed by atoms with Gasteiger partial charge in [-0.05, 0) is 47.8 Å². The lowest BCUT2D eigenvalue weighted by Crippen LogP contribution is -2.27. The maximum absolute atomic E-state index is 4.39. The molecule has 35 heavy (non-hydrogen) atoms. The maximum Gasteiger partial charge on any atom is 0.0450 e. The van der Waals surface area contributed by atoms with Crippen LogP contribution >= 0.6 is 0 Å². The van der Waals surface area contributed by atoms with E-state index in [-0.39, 0.29) is 10.8 Å². The summed E-state index contributed by atoms with van der Waals surface area (Å²) in [6, 6.07) is 17.5. The van der Waals surface area contributed by atoms with E-state index in [9.17, 15) is 0 Å². The number of fused-ring (bicyclic) bond motifs is 1. The number of rotatable bonds is 11. The van der Waals surface area contributed by atoms with Gasteiger partial charge < -0.3 is 4.90 Å². The maximum atomic E-state index is 4.39. The fourth-order valence-electron chi connectivity index (χ4n) is 5.29. The number of allylic oxidation sites excluding steroid dienone is 7. The zero-order valence-corrected chi connectivity index (χ0v) is 22.9. The molecule has 0 unspecified atom stereocenters. The lowest BCUT2D eigenvalue weighted by Gasteiger charge is -2.28. The number of aryl methyl sites for hydroxylation is 1. The molecular weight excluding hydrogens is 422 g/mol. The molecule has 0 aliphatic carbocycles. The van der Waals surface area contributed by atoms with Crippen LogP contribution in [0.5, 0.6) is 0 Å². The number of hydrogen-bond donors (Lipinski definition) is 0. The molecule has 3 rings (SSSR count). The third-order valence-corrected chi connectivity index (χ3v) is 7.68. The number of anilines is 1. The van der Waals surface area contributed by atoms with Gasteiger partial charge in [0.05, 0.1) is 0 Å². The molecule has 2 aromatic carbocycles. The van der Waals surface area contributed by atoms with Gasteiger partial charge in [0, 0.05) is 28.8 Å². The van der Waals surface area contributed by atoms with Crippen LogP contribution in [0.1, 0.15) is 83.4 Å². The van der Waals surface area contributed by atoms with Crippen LogP contribution < -0.4 is 4.90 Å². The molecule has 1 heterocycles. The first-order valence-electron chi connectivity index (χ1n) is 13.4. The number of hydrogen-bond acceptors (Lipinski definition) is 1. The smallest absolute Gasteiger partial charge is 0.0450 e. The first-order valence-corrected chi connectivity index (χ1v) is 13.4. The topological polar surface area (TPSA) is 3.24 Å². The molecule has 1 aliphatic heterocycles. The predicted molar refractivity (Wildman–Crippen MR) is 155 cm³/mol. The second kappa shape index (κ2) is 11.8. The molecule has 0 N–H and O–H groups in total. The van der Waals surface area contributed by atoms with Crippen LogP contribution in [0, 0.1) is 6.92 Å². The van der Waals surface area contributed by atoms with E-state index >= 15 is 0 Å². The van der Waals surface area contributed by atoms with Gasteiger partial charge >= 0.3 is 0 Å². The normalized spacial score (nSPS) is 16.5. The Bertz CT molecular complexity index is 1090. The Hall–Kier alpha value is -2.80. The van der Waals surface area contributed by atoms with E-state index in [4.69, 9.17) is 0 Å². The molecule has 0 saturated carbocycles. The van der Waals surface area contributed by atoms with E-state index in [0.717, 1.165) is 12.1 Å². The summed E-state index contributed by atoms with van der Waals surface area (Å²) in [6.45, 7) is 19.1. The molecule has 0 spiro atoms. The van der Waals surface area contributed by atoms with Crippen molar-refractivity contribution in [2.75, 3.05) is 11.4 Å². The largest absolute Gasteiger partial charge is 0.344 e. The van der Waals surface area contributed by atoms with E-state index in [1.54, 1.807) is 0 Å². The van der Waals surface area contributed by atoms with Crippen LogP contribution in [-0.2, 0) is 10.8 Å². The molecule has 1 nitrogen and oxygen atoms in total. The number of benzene rings is 2. The summed E-state index contributed by atoms with van der Waals surface area (Å²) >= 11 is 0. The Morgan fingerprint density at radius 1 is 0.914 bits per heavy atom. The predicted octanol–water partition coefficient (Wildman–Crippen LogP) is 9.59. The van der Waals surface area contributed by atoms with Gasteiger partial charge in [-0.15, -0.1) is 0 Å². The van der Waals surface area contributed by atoms with Crippen molar-refractivity contribution in [1.82, 2.24) is 0 Å². The van der Waals surface area contributed by atoms with E-state index in [1.807, 2.05) is 0 Å². The van der Waals surface area contributed by atoms with Crippen LogP contribution in [0.2, 0.25) is 0 Å². The van der Waals surface area contributed by atoms with Gasteiger partial charge in [-0.2, -0.15) is 0 Å². The van der Waals surface area contributed by atoms with Crippen molar-refractivity contribution < 1.29 is 0 Å². The molecule has 1 heteroatoms. The Labute approximate surface area is 215 Å².